The Morgan fingerprint density at radius 3 is 2.25 bits per heavy atom. The van der Waals surface area contributed by atoms with E-state index in [2.05, 4.69) is 19.2 Å². The van der Waals surface area contributed by atoms with Crippen LogP contribution in [0.4, 0.5) is 0 Å². The van der Waals surface area contributed by atoms with Gasteiger partial charge in [0.15, 0.2) is 0 Å². The standard InChI is InChI=1S/C16H29NO2S/c1-4-6-8-10-12-15(20-13-17)14(16(18)19-3)11-9-7-5-2/h14-15H,4-12H2,1-3H3. The Bertz CT molecular complexity index is 289. The molecular formula is C16H29NO2S. The van der Waals surface area contributed by atoms with E-state index in [9.17, 15) is 4.79 Å². The van der Waals surface area contributed by atoms with Crippen LogP contribution in [0.25, 0.3) is 0 Å². The minimum Gasteiger partial charge on any atom is -0.469 e. The summed E-state index contributed by atoms with van der Waals surface area (Å²) in [5.41, 5.74) is 0. The van der Waals surface area contributed by atoms with Crippen LogP contribution in [0.1, 0.15) is 71.6 Å². The molecule has 0 N–H and O–H groups in total. The Hall–Kier alpha value is -0.690. The minimum absolute atomic E-state index is 0.0844. The first-order valence-electron chi connectivity index (χ1n) is 7.83. The second-order valence-electron chi connectivity index (χ2n) is 5.22. The number of nitrogens with zero attached hydrogens (tertiary/aromatic N) is 1. The van der Waals surface area contributed by atoms with Crippen molar-refractivity contribution in [2.75, 3.05) is 7.11 Å². The lowest BCUT2D eigenvalue weighted by molar-refractivity contribution is -0.145. The van der Waals surface area contributed by atoms with Crippen molar-refractivity contribution in [2.24, 2.45) is 5.92 Å². The quantitative estimate of drug-likeness (QED) is 0.292. The van der Waals surface area contributed by atoms with Gasteiger partial charge < -0.3 is 4.74 Å². The van der Waals surface area contributed by atoms with Crippen molar-refractivity contribution in [2.45, 2.75) is 76.9 Å². The van der Waals surface area contributed by atoms with Gasteiger partial charge >= 0.3 is 5.97 Å². The lowest BCUT2D eigenvalue weighted by atomic mass is 9.94. The molecule has 0 saturated heterocycles. The molecule has 0 amide bonds. The third-order valence-electron chi connectivity index (χ3n) is 3.62. The summed E-state index contributed by atoms with van der Waals surface area (Å²) < 4.78 is 4.94. The zero-order valence-electron chi connectivity index (χ0n) is 13.2. The van der Waals surface area contributed by atoms with Gasteiger partial charge in [0.25, 0.3) is 0 Å². The molecule has 4 heteroatoms. The van der Waals surface area contributed by atoms with Gasteiger partial charge in [0.1, 0.15) is 5.40 Å². The summed E-state index contributed by atoms with van der Waals surface area (Å²) in [4.78, 5) is 12.0. The molecular weight excluding hydrogens is 270 g/mol. The number of thioether (sulfide) groups is 1. The summed E-state index contributed by atoms with van der Waals surface area (Å²) in [6, 6.07) is 0. The van der Waals surface area contributed by atoms with E-state index < -0.39 is 0 Å². The first-order chi connectivity index (χ1) is 9.71. The topological polar surface area (TPSA) is 50.1 Å². The molecule has 116 valence electrons. The van der Waals surface area contributed by atoms with Gasteiger partial charge in [0.2, 0.25) is 0 Å². The summed E-state index contributed by atoms with van der Waals surface area (Å²) in [5.74, 6) is -0.276. The number of esters is 1. The number of rotatable bonds is 12. The van der Waals surface area contributed by atoms with Crippen LogP contribution in [-0.2, 0) is 9.53 Å². The van der Waals surface area contributed by atoms with Crippen LogP contribution in [0.15, 0.2) is 0 Å². The molecule has 0 saturated carbocycles. The van der Waals surface area contributed by atoms with Crippen molar-refractivity contribution < 1.29 is 9.53 Å². The molecule has 0 aromatic heterocycles. The van der Waals surface area contributed by atoms with Gasteiger partial charge in [-0.05, 0) is 24.6 Å². The average Bonchev–Trinajstić information content (AvgIpc) is 2.46. The summed E-state index contributed by atoms with van der Waals surface area (Å²) >= 11 is 1.25. The number of thiocyanates is 1. The van der Waals surface area contributed by atoms with Crippen LogP contribution in [-0.4, -0.2) is 18.3 Å². The molecule has 2 atom stereocenters. The van der Waals surface area contributed by atoms with Crippen molar-refractivity contribution in [1.82, 2.24) is 0 Å². The van der Waals surface area contributed by atoms with Gasteiger partial charge in [0.05, 0.1) is 13.0 Å². The highest BCUT2D eigenvalue weighted by Crippen LogP contribution is 2.29. The summed E-state index contributed by atoms with van der Waals surface area (Å²) in [6.45, 7) is 4.34. The molecule has 0 radical (unpaired) electrons. The molecule has 0 bridgehead atoms. The van der Waals surface area contributed by atoms with Gasteiger partial charge in [-0.25, -0.2) is 0 Å². The molecule has 0 heterocycles. The number of ether oxygens (including phenoxy) is 1. The number of methoxy groups -OCH3 is 1. The molecule has 0 aliphatic carbocycles. The van der Waals surface area contributed by atoms with Gasteiger partial charge in [0, 0.05) is 5.25 Å². The number of hydrogen-bond donors (Lipinski definition) is 0. The first kappa shape index (κ1) is 19.3. The van der Waals surface area contributed by atoms with Crippen LogP contribution in [0.3, 0.4) is 0 Å². The molecule has 0 spiro atoms. The Balaban J connectivity index is 4.48. The Labute approximate surface area is 128 Å². The molecule has 0 fully saturated rings. The Morgan fingerprint density at radius 2 is 1.70 bits per heavy atom. The summed E-state index contributed by atoms with van der Waals surface area (Å²) in [7, 11) is 1.44. The van der Waals surface area contributed by atoms with E-state index in [1.807, 2.05) is 0 Å². The maximum atomic E-state index is 12.0. The van der Waals surface area contributed by atoms with Crippen molar-refractivity contribution >= 4 is 17.7 Å². The highest BCUT2D eigenvalue weighted by Gasteiger charge is 2.29. The Kier molecular flexibility index (Phi) is 12.8. The van der Waals surface area contributed by atoms with Crippen molar-refractivity contribution in [3.63, 3.8) is 0 Å². The van der Waals surface area contributed by atoms with E-state index in [-0.39, 0.29) is 17.1 Å². The molecule has 20 heavy (non-hydrogen) atoms. The highest BCUT2D eigenvalue weighted by molar-refractivity contribution is 8.04. The molecule has 0 aliphatic rings. The van der Waals surface area contributed by atoms with Crippen molar-refractivity contribution in [3.05, 3.63) is 0 Å². The number of hydrogen-bond acceptors (Lipinski definition) is 4. The van der Waals surface area contributed by atoms with Crippen LogP contribution < -0.4 is 0 Å². The lowest BCUT2D eigenvalue weighted by Crippen LogP contribution is -2.27. The van der Waals surface area contributed by atoms with E-state index in [1.165, 1.54) is 38.1 Å². The zero-order chi connectivity index (χ0) is 15.2. The van der Waals surface area contributed by atoms with Crippen LogP contribution >= 0.6 is 11.8 Å². The molecule has 0 aromatic carbocycles. The van der Waals surface area contributed by atoms with E-state index in [1.54, 1.807) is 0 Å². The van der Waals surface area contributed by atoms with Gasteiger partial charge in [-0.3, -0.25) is 4.79 Å². The summed E-state index contributed by atoms with van der Waals surface area (Å²) in [5, 5.41) is 11.2. The van der Waals surface area contributed by atoms with Gasteiger partial charge in [-0.1, -0.05) is 58.8 Å². The fraction of sp³-hybridized carbons (Fsp3) is 0.875. The second kappa shape index (κ2) is 13.3. The number of carbonyl (C=O) groups excluding carboxylic acids is 1. The molecule has 0 aromatic rings. The van der Waals surface area contributed by atoms with E-state index in [4.69, 9.17) is 10.00 Å². The van der Waals surface area contributed by atoms with Crippen molar-refractivity contribution in [3.8, 4) is 5.40 Å². The smallest absolute Gasteiger partial charge is 0.309 e. The maximum Gasteiger partial charge on any atom is 0.309 e. The summed E-state index contributed by atoms with van der Waals surface area (Å²) in [6.07, 6.45) is 9.78. The largest absolute Gasteiger partial charge is 0.469 e. The van der Waals surface area contributed by atoms with Crippen LogP contribution in [0.5, 0.6) is 0 Å². The predicted molar refractivity (Wildman–Crippen MR) is 85.4 cm³/mol. The second-order valence-corrected chi connectivity index (χ2v) is 6.25. The number of unbranched alkanes of at least 4 members (excludes halogenated alkanes) is 5. The molecule has 0 aliphatic heterocycles. The maximum absolute atomic E-state index is 12.0. The zero-order valence-corrected chi connectivity index (χ0v) is 14.0. The van der Waals surface area contributed by atoms with Gasteiger partial charge in [-0.15, -0.1) is 0 Å². The average molecular weight is 299 g/mol. The highest BCUT2D eigenvalue weighted by atomic mass is 32.2. The van der Waals surface area contributed by atoms with Crippen LogP contribution in [0.2, 0.25) is 0 Å². The van der Waals surface area contributed by atoms with Crippen molar-refractivity contribution in [1.29, 1.82) is 5.26 Å². The van der Waals surface area contributed by atoms with E-state index >= 15 is 0 Å². The van der Waals surface area contributed by atoms with E-state index in [0.717, 1.165) is 38.5 Å². The third kappa shape index (κ3) is 8.47. The normalized spacial score (nSPS) is 13.5. The molecule has 2 unspecified atom stereocenters. The lowest BCUT2D eigenvalue weighted by Gasteiger charge is -2.22. The van der Waals surface area contributed by atoms with Gasteiger partial charge in [-0.2, -0.15) is 5.26 Å². The first-order valence-corrected chi connectivity index (χ1v) is 8.71. The number of carbonyl (C=O) groups is 1. The number of nitriles is 1. The van der Waals surface area contributed by atoms with Crippen LogP contribution in [0, 0.1) is 16.6 Å². The Morgan fingerprint density at radius 1 is 1.10 bits per heavy atom. The third-order valence-corrected chi connectivity index (χ3v) is 4.59. The minimum atomic E-state index is -0.149. The SMILES string of the molecule is CCCCCCC(SC#N)C(CCCCC)C(=O)OC. The van der Waals surface area contributed by atoms with E-state index in [0.29, 0.717) is 0 Å². The fourth-order valence-corrected chi connectivity index (χ4v) is 3.23. The fourth-order valence-electron chi connectivity index (χ4n) is 2.40. The monoisotopic (exact) mass is 299 g/mol. The predicted octanol–water partition coefficient (Wildman–Crippen LogP) is 4.91. The molecule has 0 rings (SSSR count). The molecule has 3 nitrogen and oxygen atoms in total.